The van der Waals surface area contributed by atoms with Crippen molar-refractivity contribution in [1.29, 1.82) is 0 Å². The second-order valence-corrected chi connectivity index (χ2v) is 6.94. The Morgan fingerprint density at radius 1 is 0.941 bits per heavy atom. The SMILES string of the molecule is CCC(C)C(SC(C(C)CC)C1CO1)C1CO1. The molecule has 0 spiro atoms. The fourth-order valence-corrected chi connectivity index (χ4v) is 4.26. The molecule has 0 N–H and O–H groups in total. The van der Waals surface area contributed by atoms with E-state index in [-0.39, 0.29) is 0 Å². The maximum absolute atomic E-state index is 5.55. The van der Waals surface area contributed by atoms with E-state index in [0.717, 1.165) is 25.0 Å². The van der Waals surface area contributed by atoms with Gasteiger partial charge in [-0.3, -0.25) is 0 Å². The number of epoxide rings is 2. The van der Waals surface area contributed by atoms with Crippen molar-refractivity contribution in [3.8, 4) is 0 Å². The van der Waals surface area contributed by atoms with Gasteiger partial charge < -0.3 is 9.47 Å². The van der Waals surface area contributed by atoms with E-state index in [1.807, 2.05) is 0 Å². The average molecular weight is 258 g/mol. The van der Waals surface area contributed by atoms with Gasteiger partial charge in [-0.1, -0.05) is 40.5 Å². The molecule has 2 saturated heterocycles. The fraction of sp³-hybridized carbons (Fsp3) is 1.00. The second kappa shape index (κ2) is 5.94. The fourth-order valence-electron chi connectivity index (χ4n) is 2.31. The third-order valence-corrected chi connectivity index (χ3v) is 6.34. The van der Waals surface area contributed by atoms with Crippen molar-refractivity contribution in [2.24, 2.45) is 11.8 Å². The number of rotatable bonds is 8. The normalized spacial score (nSPS) is 33.9. The summed E-state index contributed by atoms with van der Waals surface area (Å²) in [4.78, 5) is 0. The van der Waals surface area contributed by atoms with Crippen molar-refractivity contribution in [2.75, 3.05) is 13.2 Å². The molecule has 2 heterocycles. The van der Waals surface area contributed by atoms with Crippen LogP contribution in [0.15, 0.2) is 0 Å². The molecule has 2 nitrogen and oxygen atoms in total. The topological polar surface area (TPSA) is 25.1 Å². The molecule has 2 fully saturated rings. The molecule has 0 bridgehead atoms. The molecule has 0 aromatic heterocycles. The predicted molar refractivity (Wildman–Crippen MR) is 73.6 cm³/mol. The first kappa shape index (κ1) is 13.7. The summed E-state index contributed by atoms with van der Waals surface area (Å²) in [5.74, 6) is 1.50. The van der Waals surface area contributed by atoms with Crippen molar-refractivity contribution < 1.29 is 9.47 Å². The van der Waals surface area contributed by atoms with Gasteiger partial charge in [0.1, 0.15) is 0 Å². The van der Waals surface area contributed by atoms with Crippen molar-refractivity contribution in [1.82, 2.24) is 0 Å². The number of hydrogen-bond acceptors (Lipinski definition) is 3. The number of hydrogen-bond donors (Lipinski definition) is 0. The molecule has 0 aromatic carbocycles. The van der Waals surface area contributed by atoms with Crippen LogP contribution in [0, 0.1) is 11.8 Å². The molecule has 0 amide bonds. The van der Waals surface area contributed by atoms with Crippen LogP contribution in [0.25, 0.3) is 0 Å². The van der Waals surface area contributed by atoms with E-state index < -0.39 is 0 Å². The summed E-state index contributed by atoms with van der Waals surface area (Å²) in [5, 5.41) is 1.34. The second-order valence-electron chi connectivity index (χ2n) is 5.58. The largest absolute Gasteiger partial charge is 0.372 e. The lowest BCUT2D eigenvalue weighted by molar-refractivity contribution is 0.353. The maximum atomic E-state index is 5.55. The summed E-state index contributed by atoms with van der Waals surface area (Å²) < 4.78 is 11.1. The third-order valence-electron chi connectivity index (χ3n) is 4.17. The quantitative estimate of drug-likeness (QED) is 0.624. The van der Waals surface area contributed by atoms with Gasteiger partial charge in [-0.05, 0) is 11.8 Å². The molecule has 3 heteroatoms. The third kappa shape index (κ3) is 3.62. The van der Waals surface area contributed by atoms with E-state index in [1.165, 1.54) is 12.8 Å². The molecule has 6 unspecified atom stereocenters. The zero-order valence-electron chi connectivity index (χ0n) is 11.5. The predicted octanol–water partition coefficient (Wildman–Crippen LogP) is 3.35. The highest BCUT2D eigenvalue weighted by molar-refractivity contribution is 8.00. The van der Waals surface area contributed by atoms with Crippen LogP contribution in [0.4, 0.5) is 0 Å². The molecule has 0 saturated carbocycles. The van der Waals surface area contributed by atoms with Gasteiger partial charge in [-0.2, -0.15) is 0 Å². The summed E-state index contributed by atoms with van der Waals surface area (Å²) in [6.45, 7) is 11.2. The summed E-state index contributed by atoms with van der Waals surface area (Å²) in [6, 6.07) is 0. The summed E-state index contributed by atoms with van der Waals surface area (Å²) in [7, 11) is 0. The average Bonchev–Trinajstić information content (AvgIpc) is 3.18. The Kier molecular flexibility index (Phi) is 4.79. The van der Waals surface area contributed by atoms with Gasteiger partial charge in [-0.15, -0.1) is 11.8 Å². The first-order chi connectivity index (χ1) is 8.17. The number of thioether (sulfide) groups is 1. The summed E-state index contributed by atoms with van der Waals surface area (Å²) >= 11 is 2.15. The van der Waals surface area contributed by atoms with Gasteiger partial charge in [0.2, 0.25) is 0 Å². The molecular formula is C14H26O2S. The van der Waals surface area contributed by atoms with Crippen LogP contribution in [-0.2, 0) is 9.47 Å². The molecule has 2 rings (SSSR count). The molecule has 0 aliphatic carbocycles. The van der Waals surface area contributed by atoms with Crippen molar-refractivity contribution in [3.63, 3.8) is 0 Å². The van der Waals surface area contributed by atoms with E-state index in [2.05, 4.69) is 39.5 Å². The molecular weight excluding hydrogens is 232 g/mol. The van der Waals surface area contributed by atoms with Gasteiger partial charge in [0.05, 0.1) is 25.4 Å². The van der Waals surface area contributed by atoms with E-state index in [9.17, 15) is 0 Å². The van der Waals surface area contributed by atoms with E-state index in [0.29, 0.717) is 22.7 Å². The molecule has 2 aliphatic rings. The Bertz CT molecular complexity index is 214. The highest BCUT2D eigenvalue weighted by atomic mass is 32.2. The Labute approximate surface area is 110 Å². The van der Waals surface area contributed by atoms with E-state index >= 15 is 0 Å². The molecule has 0 radical (unpaired) electrons. The lowest BCUT2D eigenvalue weighted by Gasteiger charge is -2.28. The first-order valence-electron chi connectivity index (χ1n) is 7.06. The van der Waals surface area contributed by atoms with Crippen LogP contribution in [0.2, 0.25) is 0 Å². The highest BCUT2D eigenvalue weighted by Crippen LogP contribution is 2.42. The zero-order chi connectivity index (χ0) is 12.4. The van der Waals surface area contributed by atoms with Crippen LogP contribution in [0.5, 0.6) is 0 Å². The van der Waals surface area contributed by atoms with Gasteiger partial charge >= 0.3 is 0 Å². The highest BCUT2D eigenvalue weighted by Gasteiger charge is 2.43. The Morgan fingerprint density at radius 3 is 1.53 bits per heavy atom. The monoisotopic (exact) mass is 258 g/mol. The van der Waals surface area contributed by atoms with Crippen LogP contribution >= 0.6 is 11.8 Å². The standard InChI is InChI=1S/C14H26O2S/c1-5-9(3)13(11-7-15-11)17-14(10(4)6-2)12-8-16-12/h9-14H,5-8H2,1-4H3. The van der Waals surface area contributed by atoms with Crippen molar-refractivity contribution in [2.45, 2.75) is 63.2 Å². The summed E-state index contributed by atoms with van der Waals surface area (Å²) in [6.07, 6.45) is 3.52. The van der Waals surface area contributed by atoms with E-state index in [4.69, 9.17) is 9.47 Å². The Hall–Kier alpha value is 0.270. The minimum absolute atomic E-state index is 0.514. The summed E-state index contributed by atoms with van der Waals surface area (Å²) in [5.41, 5.74) is 0. The first-order valence-corrected chi connectivity index (χ1v) is 8.00. The van der Waals surface area contributed by atoms with E-state index in [1.54, 1.807) is 0 Å². The van der Waals surface area contributed by atoms with Crippen LogP contribution in [0.1, 0.15) is 40.5 Å². The van der Waals surface area contributed by atoms with Gasteiger partial charge in [0, 0.05) is 10.5 Å². The number of ether oxygens (including phenoxy) is 2. The van der Waals surface area contributed by atoms with Crippen LogP contribution < -0.4 is 0 Å². The Balaban J connectivity index is 1.93. The minimum Gasteiger partial charge on any atom is -0.372 e. The zero-order valence-corrected chi connectivity index (χ0v) is 12.3. The molecule has 17 heavy (non-hydrogen) atoms. The van der Waals surface area contributed by atoms with Gasteiger partial charge in [0.15, 0.2) is 0 Å². The smallest absolute Gasteiger partial charge is 0.0930 e. The van der Waals surface area contributed by atoms with Crippen LogP contribution in [0.3, 0.4) is 0 Å². The lowest BCUT2D eigenvalue weighted by atomic mass is 10.0. The van der Waals surface area contributed by atoms with Gasteiger partial charge in [-0.25, -0.2) is 0 Å². The van der Waals surface area contributed by atoms with Crippen molar-refractivity contribution >= 4 is 11.8 Å². The maximum Gasteiger partial charge on any atom is 0.0930 e. The molecule has 2 aliphatic heterocycles. The molecule has 100 valence electrons. The minimum atomic E-state index is 0.514. The molecule has 0 aromatic rings. The van der Waals surface area contributed by atoms with Gasteiger partial charge in [0.25, 0.3) is 0 Å². The van der Waals surface area contributed by atoms with Crippen LogP contribution in [-0.4, -0.2) is 35.9 Å². The Morgan fingerprint density at radius 2 is 1.29 bits per heavy atom. The molecule has 6 atom stereocenters. The van der Waals surface area contributed by atoms with Crippen molar-refractivity contribution in [3.05, 3.63) is 0 Å². The lowest BCUT2D eigenvalue weighted by Crippen LogP contribution is -2.29.